The number of hydrogen-bond donors (Lipinski definition) is 2. The molecule has 166 valence electrons. The predicted molar refractivity (Wildman–Crippen MR) is 131 cm³/mol. The van der Waals surface area contributed by atoms with Gasteiger partial charge in [-0.1, -0.05) is 11.6 Å². The third-order valence-corrected chi connectivity index (χ3v) is 5.89. The largest absolute Gasteiger partial charge is 0.497 e. The molecule has 0 aliphatic rings. The van der Waals surface area contributed by atoms with Crippen LogP contribution in [0.5, 0.6) is 5.75 Å². The molecule has 0 fully saturated rings. The van der Waals surface area contributed by atoms with Gasteiger partial charge in [-0.15, -0.1) is 0 Å². The van der Waals surface area contributed by atoms with Crippen LogP contribution in [0.3, 0.4) is 0 Å². The van der Waals surface area contributed by atoms with Crippen LogP contribution in [-0.4, -0.2) is 37.4 Å². The van der Waals surface area contributed by atoms with Gasteiger partial charge in [-0.25, -0.2) is 15.0 Å². The summed E-state index contributed by atoms with van der Waals surface area (Å²) in [5.74, 6) is 1.24. The minimum Gasteiger partial charge on any atom is -0.497 e. The Bertz CT molecular complexity index is 1530. The Morgan fingerprint density at radius 2 is 2.03 bits per heavy atom. The van der Waals surface area contributed by atoms with E-state index < -0.39 is 0 Å². The molecule has 0 saturated carbocycles. The Balaban J connectivity index is 1.61. The molecule has 1 aromatic carbocycles. The van der Waals surface area contributed by atoms with Crippen molar-refractivity contribution >= 4 is 55.9 Å². The van der Waals surface area contributed by atoms with E-state index in [-0.39, 0.29) is 5.91 Å². The van der Waals surface area contributed by atoms with Gasteiger partial charge in [-0.05, 0) is 58.4 Å². The molecule has 0 bridgehead atoms. The highest BCUT2D eigenvalue weighted by Gasteiger charge is 2.16. The van der Waals surface area contributed by atoms with Gasteiger partial charge in [0, 0.05) is 25.1 Å². The van der Waals surface area contributed by atoms with E-state index in [4.69, 9.17) is 21.3 Å². The first-order valence-corrected chi connectivity index (χ1v) is 11.2. The van der Waals surface area contributed by atoms with E-state index in [0.29, 0.717) is 34.2 Å². The highest BCUT2D eigenvalue weighted by atomic mass is 79.9. The summed E-state index contributed by atoms with van der Waals surface area (Å²) in [5, 5.41) is 3.40. The lowest BCUT2D eigenvalue weighted by molar-refractivity contribution is -0.114. The summed E-state index contributed by atoms with van der Waals surface area (Å²) in [6, 6.07) is 13.0. The Morgan fingerprint density at radius 3 is 2.79 bits per heavy atom. The molecule has 5 rings (SSSR count). The third-order valence-electron chi connectivity index (χ3n) is 5.14. The third kappa shape index (κ3) is 4.17. The van der Waals surface area contributed by atoms with Gasteiger partial charge in [0.1, 0.15) is 16.2 Å². The number of pyridine rings is 2. The van der Waals surface area contributed by atoms with E-state index in [2.05, 4.69) is 36.2 Å². The van der Waals surface area contributed by atoms with E-state index >= 15 is 0 Å². The number of H-pyrrole nitrogens is 1. The fraction of sp³-hybridized carbons (Fsp3) is 0.130. The number of amides is 1. The second-order valence-electron chi connectivity index (χ2n) is 7.45. The zero-order valence-corrected chi connectivity index (χ0v) is 20.0. The predicted octanol–water partition coefficient (Wildman–Crippen LogP) is 5.25. The van der Waals surface area contributed by atoms with E-state index in [1.165, 1.54) is 6.92 Å². The van der Waals surface area contributed by atoms with E-state index in [1.54, 1.807) is 13.2 Å². The average molecular weight is 526 g/mol. The number of ether oxygens (including phenoxy) is 1. The fourth-order valence-electron chi connectivity index (χ4n) is 3.72. The van der Waals surface area contributed by atoms with Crippen LogP contribution in [-0.2, 0) is 11.2 Å². The molecule has 0 atom stereocenters. The topological polar surface area (TPSA) is 97.2 Å². The van der Waals surface area contributed by atoms with Crippen LogP contribution in [0.25, 0.3) is 28.1 Å². The van der Waals surface area contributed by atoms with Crippen molar-refractivity contribution in [3.05, 3.63) is 69.8 Å². The van der Waals surface area contributed by atoms with Crippen LogP contribution in [0.2, 0.25) is 5.02 Å². The van der Waals surface area contributed by atoms with Gasteiger partial charge in [-0.2, -0.15) is 0 Å². The Hall–Kier alpha value is -3.43. The van der Waals surface area contributed by atoms with Crippen LogP contribution in [0, 0.1) is 0 Å². The number of halogens is 2. The number of carbonyl (C=O) groups is 1. The van der Waals surface area contributed by atoms with Gasteiger partial charge in [0.05, 0.1) is 34.7 Å². The van der Waals surface area contributed by atoms with Gasteiger partial charge < -0.3 is 15.0 Å². The average Bonchev–Trinajstić information content (AvgIpc) is 3.37. The van der Waals surface area contributed by atoms with Crippen LogP contribution in [0.1, 0.15) is 18.4 Å². The second kappa shape index (κ2) is 8.49. The maximum Gasteiger partial charge on any atom is 0.221 e. The van der Waals surface area contributed by atoms with Crippen molar-refractivity contribution in [2.24, 2.45) is 0 Å². The summed E-state index contributed by atoms with van der Waals surface area (Å²) < 4.78 is 7.92. The number of anilines is 1. The molecule has 0 unspecified atom stereocenters. The van der Waals surface area contributed by atoms with Crippen LogP contribution >= 0.6 is 27.5 Å². The number of aromatic nitrogens is 5. The molecule has 0 radical (unpaired) electrons. The molecule has 0 aliphatic carbocycles. The highest BCUT2D eigenvalue weighted by Crippen LogP contribution is 2.33. The lowest BCUT2D eigenvalue weighted by atomic mass is 10.1. The van der Waals surface area contributed by atoms with Crippen molar-refractivity contribution < 1.29 is 9.53 Å². The lowest BCUT2D eigenvalue weighted by Crippen LogP contribution is -2.07. The number of hydrogen-bond acceptors (Lipinski definition) is 5. The number of nitrogens with zero attached hydrogens (tertiary/aromatic N) is 4. The van der Waals surface area contributed by atoms with Gasteiger partial charge in [-0.3, -0.25) is 9.20 Å². The molecule has 1 amide bonds. The van der Waals surface area contributed by atoms with Crippen molar-refractivity contribution in [1.29, 1.82) is 0 Å². The normalized spacial score (nSPS) is 11.3. The Morgan fingerprint density at radius 1 is 1.18 bits per heavy atom. The number of nitrogens with one attached hydrogen (secondary N) is 2. The lowest BCUT2D eigenvalue weighted by Gasteiger charge is -2.12. The van der Waals surface area contributed by atoms with Crippen molar-refractivity contribution in [2.75, 3.05) is 12.4 Å². The molecular weight excluding hydrogens is 508 g/mol. The van der Waals surface area contributed by atoms with Gasteiger partial charge >= 0.3 is 0 Å². The smallest absolute Gasteiger partial charge is 0.221 e. The Kier molecular flexibility index (Phi) is 5.51. The van der Waals surface area contributed by atoms with Crippen LogP contribution < -0.4 is 10.1 Å². The SMILES string of the molecule is COc1ccc(-c2ccc(NC(C)=O)c3nc(Cc4nc5nc(Br)ccc5[nH]4)cn23)c(Cl)c1. The van der Waals surface area contributed by atoms with Crippen molar-refractivity contribution in [3.8, 4) is 17.0 Å². The number of rotatable bonds is 5. The molecule has 10 heteroatoms. The number of imidazole rings is 2. The standard InChI is InChI=1S/C23H18BrClN6O2/c1-12(32)26-18-5-7-19(15-4-3-14(33-2)10-16(15)25)31-11-13(27-23(18)31)9-21-28-17-6-8-20(24)29-22(17)30-21/h3-8,10-11H,9H2,1-2H3,(H,26,32)(H,28,29,30). The molecule has 0 aliphatic heterocycles. The van der Waals surface area contributed by atoms with Crippen molar-refractivity contribution in [3.63, 3.8) is 0 Å². The summed E-state index contributed by atoms with van der Waals surface area (Å²) in [4.78, 5) is 28.8. The van der Waals surface area contributed by atoms with E-state index in [0.717, 1.165) is 32.9 Å². The van der Waals surface area contributed by atoms with E-state index in [9.17, 15) is 4.79 Å². The fourth-order valence-corrected chi connectivity index (χ4v) is 4.28. The number of carbonyl (C=O) groups excluding carboxylic acids is 1. The molecule has 0 spiro atoms. The zero-order chi connectivity index (χ0) is 23.1. The summed E-state index contributed by atoms with van der Waals surface area (Å²) in [6.45, 7) is 1.47. The van der Waals surface area contributed by atoms with Crippen LogP contribution in [0.4, 0.5) is 5.69 Å². The summed E-state index contributed by atoms with van der Waals surface area (Å²) in [6.07, 6.45) is 2.39. The van der Waals surface area contributed by atoms with Crippen LogP contribution in [0.15, 0.2) is 53.3 Å². The van der Waals surface area contributed by atoms with E-state index in [1.807, 2.05) is 47.0 Å². The van der Waals surface area contributed by atoms with Gasteiger partial charge in [0.15, 0.2) is 11.3 Å². The maximum atomic E-state index is 11.8. The molecule has 4 aromatic heterocycles. The zero-order valence-electron chi connectivity index (χ0n) is 17.7. The van der Waals surface area contributed by atoms with Crippen molar-refractivity contribution in [2.45, 2.75) is 13.3 Å². The maximum absolute atomic E-state index is 11.8. The molecule has 33 heavy (non-hydrogen) atoms. The summed E-state index contributed by atoms with van der Waals surface area (Å²) >= 11 is 9.92. The quantitative estimate of drug-likeness (QED) is 0.306. The molecule has 5 aromatic rings. The first kappa shape index (κ1) is 21.4. The minimum absolute atomic E-state index is 0.175. The molecule has 4 heterocycles. The second-order valence-corrected chi connectivity index (χ2v) is 8.67. The first-order valence-electron chi connectivity index (χ1n) is 10.0. The summed E-state index contributed by atoms with van der Waals surface area (Å²) in [5.41, 5.74) is 5.13. The van der Waals surface area contributed by atoms with Crippen molar-refractivity contribution in [1.82, 2.24) is 24.3 Å². The first-order chi connectivity index (χ1) is 15.9. The number of fused-ring (bicyclic) bond motifs is 2. The molecular formula is C23H18BrClN6O2. The molecule has 2 N–H and O–H groups in total. The number of aromatic amines is 1. The number of methoxy groups -OCH3 is 1. The molecule has 0 saturated heterocycles. The highest BCUT2D eigenvalue weighted by molar-refractivity contribution is 9.10. The monoisotopic (exact) mass is 524 g/mol. The summed E-state index contributed by atoms with van der Waals surface area (Å²) in [7, 11) is 1.60. The molecule has 8 nitrogen and oxygen atoms in total. The van der Waals surface area contributed by atoms with Gasteiger partial charge in [0.25, 0.3) is 0 Å². The number of benzene rings is 1. The van der Waals surface area contributed by atoms with Gasteiger partial charge in [0.2, 0.25) is 5.91 Å². The Labute approximate surface area is 202 Å². The minimum atomic E-state index is -0.175.